The van der Waals surface area contributed by atoms with Crippen molar-refractivity contribution in [3.05, 3.63) is 47.8 Å². The Morgan fingerprint density at radius 2 is 1.79 bits per heavy atom. The van der Waals surface area contributed by atoms with Gasteiger partial charge in [0.05, 0.1) is 7.11 Å². The largest absolute Gasteiger partial charge is 0.497 e. The molecule has 2 bridgehead atoms. The van der Waals surface area contributed by atoms with Gasteiger partial charge in [0, 0.05) is 55.6 Å². The Morgan fingerprint density at radius 3 is 2.45 bits per heavy atom. The van der Waals surface area contributed by atoms with Crippen molar-refractivity contribution in [2.45, 2.75) is 44.3 Å². The van der Waals surface area contributed by atoms with Crippen LogP contribution >= 0.6 is 0 Å². The summed E-state index contributed by atoms with van der Waals surface area (Å²) in [5.41, 5.74) is 2.65. The molecule has 0 amide bonds. The van der Waals surface area contributed by atoms with Gasteiger partial charge in [0.15, 0.2) is 0 Å². The summed E-state index contributed by atoms with van der Waals surface area (Å²) in [6.45, 7) is 7.46. The number of nitrogens with zero attached hydrogens (tertiary/aromatic N) is 4. The summed E-state index contributed by atoms with van der Waals surface area (Å²) < 4.78 is 5.38. The minimum atomic E-state index is 0.552. The smallest absolute Gasteiger partial charge is 0.222 e. The van der Waals surface area contributed by atoms with Gasteiger partial charge in [-0.25, -0.2) is 9.97 Å². The maximum absolute atomic E-state index is 5.38. The molecular formula is C23H31N5O. The molecule has 5 heterocycles. The van der Waals surface area contributed by atoms with Crippen molar-refractivity contribution in [2.75, 3.05) is 38.6 Å². The summed E-state index contributed by atoms with van der Waals surface area (Å²) in [7, 11) is 1.73. The molecule has 3 atom stereocenters. The Labute approximate surface area is 173 Å². The van der Waals surface area contributed by atoms with E-state index in [0.29, 0.717) is 18.0 Å². The Morgan fingerprint density at radius 1 is 1.07 bits per heavy atom. The Hall–Kier alpha value is -2.18. The predicted molar refractivity (Wildman–Crippen MR) is 114 cm³/mol. The van der Waals surface area contributed by atoms with Crippen molar-refractivity contribution in [3.63, 3.8) is 0 Å². The topological polar surface area (TPSA) is 53.5 Å². The van der Waals surface area contributed by atoms with Gasteiger partial charge in [-0.15, -0.1) is 0 Å². The number of fused-ring (bicyclic) bond motifs is 2. The summed E-state index contributed by atoms with van der Waals surface area (Å²) in [5, 5.41) is 3.18. The molecule has 154 valence electrons. The number of benzene rings is 1. The molecule has 0 radical (unpaired) electrons. The molecule has 0 spiro atoms. The van der Waals surface area contributed by atoms with Gasteiger partial charge in [0.2, 0.25) is 5.95 Å². The monoisotopic (exact) mass is 393 g/mol. The molecule has 1 aromatic heterocycles. The molecule has 4 fully saturated rings. The van der Waals surface area contributed by atoms with Crippen LogP contribution in [-0.4, -0.2) is 65.1 Å². The third kappa shape index (κ3) is 3.49. The second kappa shape index (κ2) is 7.92. The fourth-order valence-electron chi connectivity index (χ4n) is 5.79. The molecule has 6 rings (SSSR count). The highest BCUT2D eigenvalue weighted by molar-refractivity contribution is 5.33. The van der Waals surface area contributed by atoms with Crippen LogP contribution in [0.4, 0.5) is 5.95 Å². The lowest BCUT2D eigenvalue weighted by molar-refractivity contribution is -0.00873. The Kier molecular flexibility index (Phi) is 5.14. The molecule has 6 nitrogen and oxygen atoms in total. The number of rotatable bonds is 6. The first kappa shape index (κ1) is 18.8. The SMILES string of the molecule is CCNc1ncc(CN2C[C@H](c3ccc(OC)cc3)[C@H]3[C@@H]2C2CCN3CC2)cn1. The summed E-state index contributed by atoms with van der Waals surface area (Å²) in [6.07, 6.45) is 6.65. The molecule has 1 N–H and O–H groups in total. The van der Waals surface area contributed by atoms with Gasteiger partial charge in [-0.2, -0.15) is 0 Å². The molecule has 4 aliphatic rings. The number of hydrogen-bond acceptors (Lipinski definition) is 6. The maximum atomic E-state index is 5.38. The number of aromatic nitrogens is 2. The summed E-state index contributed by atoms with van der Waals surface area (Å²) >= 11 is 0. The quantitative estimate of drug-likeness (QED) is 0.814. The number of anilines is 1. The maximum Gasteiger partial charge on any atom is 0.222 e. The van der Waals surface area contributed by atoms with Gasteiger partial charge < -0.3 is 10.1 Å². The van der Waals surface area contributed by atoms with E-state index in [1.54, 1.807) is 7.11 Å². The number of ether oxygens (including phenoxy) is 1. The first-order valence-electron chi connectivity index (χ1n) is 10.9. The van der Waals surface area contributed by atoms with Crippen LogP contribution in [0.2, 0.25) is 0 Å². The minimum absolute atomic E-state index is 0.552. The van der Waals surface area contributed by atoms with E-state index in [4.69, 9.17) is 4.74 Å². The highest BCUT2D eigenvalue weighted by Crippen LogP contribution is 2.47. The number of methoxy groups -OCH3 is 1. The van der Waals surface area contributed by atoms with Crippen LogP contribution in [0.25, 0.3) is 0 Å². The van der Waals surface area contributed by atoms with E-state index in [-0.39, 0.29) is 0 Å². The molecule has 4 aliphatic heterocycles. The van der Waals surface area contributed by atoms with E-state index in [1.807, 2.05) is 12.4 Å². The van der Waals surface area contributed by atoms with Gasteiger partial charge >= 0.3 is 0 Å². The number of hydrogen-bond donors (Lipinski definition) is 1. The van der Waals surface area contributed by atoms with Gasteiger partial charge in [0.1, 0.15) is 5.75 Å². The van der Waals surface area contributed by atoms with Crippen LogP contribution in [0.3, 0.4) is 0 Å². The van der Waals surface area contributed by atoms with Crippen molar-refractivity contribution in [2.24, 2.45) is 5.92 Å². The second-order valence-corrected chi connectivity index (χ2v) is 8.61. The van der Waals surface area contributed by atoms with Crippen molar-refractivity contribution >= 4 is 5.95 Å². The molecule has 6 heteroatoms. The molecule has 29 heavy (non-hydrogen) atoms. The van der Waals surface area contributed by atoms with Crippen molar-refractivity contribution < 1.29 is 4.74 Å². The molecular weight excluding hydrogens is 362 g/mol. The standard InChI is InChI=1S/C23H31N5O/c1-3-24-23-25-12-16(13-26-23)14-28-15-20(17-4-6-19(29-2)7-5-17)22-21(28)18-8-10-27(22)11-9-18/h4-7,12-13,18,20-22H,3,8-11,14-15H2,1-2H3,(H,24,25,26)/t20-,21+,22+/m1/s1. The van der Waals surface area contributed by atoms with Gasteiger partial charge in [0.25, 0.3) is 0 Å². The number of piperidine rings is 3. The zero-order valence-electron chi connectivity index (χ0n) is 17.4. The number of likely N-dealkylation sites (tertiary alicyclic amines) is 1. The minimum Gasteiger partial charge on any atom is -0.497 e. The molecule has 0 unspecified atom stereocenters. The van der Waals surface area contributed by atoms with Crippen LogP contribution in [-0.2, 0) is 6.54 Å². The van der Waals surface area contributed by atoms with E-state index in [0.717, 1.165) is 37.3 Å². The number of nitrogens with one attached hydrogen (secondary N) is 1. The molecule has 4 saturated heterocycles. The third-order valence-corrected chi connectivity index (χ3v) is 7.06. The van der Waals surface area contributed by atoms with E-state index in [2.05, 4.69) is 56.3 Å². The molecule has 1 aromatic carbocycles. The predicted octanol–water partition coefficient (Wildman–Crippen LogP) is 2.98. The Balaban J connectivity index is 1.40. The van der Waals surface area contributed by atoms with E-state index in [9.17, 15) is 0 Å². The molecule has 0 aliphatic carbocycles. The van der Waals surface area contributed by atoms with Gasteiger partial charge in [-0.3, -0.25) is 9.80 Å². The average molecular weight is 394 g/mol. The average Bonchev–Trinajstić information content (AvgIpc) is 3.18. The van der Waals surface area contributed by atoms with E-state index >= 15 is 0 Å². The van der Waals surface area contributed by atoms with Crippen LogP contribution in [0.15, 0.2) is 36.7 Å². The molecule has 2 aromatic rings. The summed E-state index contributed by atoms with van der Waals surface area (Å²) in [6, 6.07) is 10.0. The zero-order chi connectivity index (χ0) is 19.8. The first-order chi connectivity index (χ1) is 14.3. The van der Waals surface area contributed by atoms with Crippen molar-refractivity contribution in [1.29, 1.82) is 0 Å². The van der Waals surface area contributed by atoms with Crippen molar-refractivity contribution in [1.82, 2.24) is 19.8 Å². The normalized spacial score (nSPS) is 30.9. The second-order valence-electron chi connectivity index (χ2n) is 8.61. The van der Waals surface area contributed by atoms with Gasteiger partial charge in [-0.1, -0.05) is 12.1 Å². The van der Waals surface area contributed by atoms with Crippen molar-refractivity contribution in [3.8, 4) is 5.75 Å². The van der Waals surface area contributed by atoms with E-state index in [1.165, 1.54) is 37.1 Å². The fraction of sp³-hybridized carbons (Fsp3) is 0.565. The molecule has 0 saturated carbocycles. The van der Waals surface area contributed by atoms with Crippen LogP contribution in [0.1, 0.15) is 36.8 Å². The lowest BCUT2D eigenvalue weighted by atomic mass is 9.75. The summed E-state index contributed by atoms with van der Waals surface area (Å²) in [5.74, 6) is 3.02. The summed E-state index contributed by atoms with van der Waals surface area (Å²) in [4.78, 5) is 14.4. The van der Waals surface area contributed by atoms with Crippen LogP contribution < -0.4 is 10.1 Å². The zero-order valence-corrected chi connectivity index (χ0v) is 17.4. The van der Waals surface area contributed by atoms with Crippen LogP contribution in [0.5, 0.6) is 5.75 Å². The Bertz CT molecular complexity index is 816. The highest BCUT2D eigenvalue weighted by atomic mass is 16.5. The highest BCUT2D eigenvalue weighted by Gasteiger charge is 2.53. The fourth-order valence-corrected chi connectivity index (χ4v) is 5.79. The first-order valence-corrected chi connectivity index (χ1v) is 10.9. The third-order valence-electron chi connectivity index (χ3n) is 7.06. The van der Waals surface area contributed by atoms with Gasteiger partial charge in [-0.05, 0) is 56.5 Å². The van der Waals surface area contributed by atoms with E-state index < -0.39 is 0 Å². The lowest BCUT2D eigenvalue weighted by Gasteiger charge is -2.51. The van der Waals surface area contributed by atoms with Crippen LogP contribution in [0, 0.1) is 5.92 Å². The lowest BCUT2D eigenvalue weighted by Crippen LogP contribution is -2.59.